The highest BCUT2D eigenvalue weighted by atomic mass is 16.5. The molecular formula is C50H41BN4O. The van der Waals surface area contributed by atoms with E-state index in [4.69, 9.17) is 9.72 Å². The number of rotatable bonds is 5. The summed E-state index contributed by atoms with van der Waals surface area (Å²) in [4.78, 5) is 14.5. The molecule has 0 N–H and O–H groups in total. The van der Waals surface area contributed by atoms with Crippen molar-refractivity contribution >= 4 is 68.0 Å². The molecule has 2 aromatic heterocycles. The fraction of sp³-hybridized carbons (Fsp3) is 0.120. The zero-order valence-corrected chi connectivity index (χ0v) is 32.6. The molecule has 0 amide bonds. The van der Waals surface area contributed by atoms with Gasteiger partial charge in [-0.25, -0.2) is 4.98 Å². The second-order valence-electron chi connectivity index (χ2n) is 15.5. The molecular weight excluding hydrogens is 683 g/mol. The minimum atomic E-state index is -0.0990. The maximum absolute atomic E-state index is 6.49. The number of aryl methyl sites for hydroxylation is 6. The van der Waals surface area contributed by atoms with Gasteiger partial charge in [0.2, 0.25) is 5.88 Å². The standard InChI is InChI=1S/C50H41BN4O/c1-30-24-32(3)49(33(4)25-30)54-42-19-17-37(48-39-13-8-7-12-36(39)21-23-53-48)28-40(42)51-41-29-38(56-46-16-9-10-22-52-46)18-20-43(41)55(45-15-11-14-44(54)47(45)51)50-34(5)26-31(2)27-35(50)6/h7-29H,1-6H3. The molecule has 4 heterocycles. The number of ether oxygens (including phenoxy) is 1. The topological polar surface area (TPSA) is 41.5 Å². The highest BCUT2D eigenvalue weighted by molar-refractivity contribution is 7.00. The quantitative estimate of drug-likeness (QED) is 0.165. The SMILES string of the molecule is Cc1cc(C)c(N2c3ccc(Oc4ccccn4)cc3B3c4cc(-c5nccc6ccccc56)ccc4N(c4c(C)cc(C)cc4C)c4cccc2c43)c(C)c1. The van der Waals surface area contributed by atoms with E-state index in [1.165, 1.54) is 77.9 Å². The minimum Gasteiger partial charge on any atom is -0.439 e. The monoisotopic (exact) mass is 724 g/mol. The van der Waals surface area contributed by atoms with Gasteiger partial charge in [0.25, 0.3) is 6.71 Å². The third-order valence-electron chi connectivity index (χ3n) is 11.5. The Morgan fingerprint density at radius 1 is 0.500 bits per heavy atom. The van der Waals surface area contributed by atoms with E-state index in [1.807, 2.05) is 24.4 Å². The second kappa shape index (κ2) is 13.0. The summed E-state index contributed by atoms with van der Waals surface area (Å²) < 4.78 is 6.49. The number of pyridine rings is 2. The molecule has 2 aliphatic heterocycles. The Labute approximate surface area is 329 Å². The fourth-order valence-corrected chi connectivity index (χ4v) is 9.54. The number of aromatic nitrogens is 2. The maximum atomic E-state index is 6.49. The lowest BCUT2D eigenvalue weighted by Gasteiger charge is -2.45. The molecule has 0 spiro atoms. The number of benzene rings is 6. The van der Waals surface area contributed by atoms with Crippen molar-refractivity contribution in [3.05, 3.63) is 173 Å². The Morgan fingerprint density at radius 2 is 1.11 bits per heavy atom. The Hall–Kier alpha value is -6.66. The van der Waals surface area contributed by atoms with Crippen LogP contribution in [0.5, 0.6) is 11.6 Å². The molecule has 0 bridgehead atoms. The first-order valence-corrected chi connectivity index (χ1v) is 19.3. The molecule has 10 rings (SSSR count). The number of fused-ring (bicyclic) bond motifs is 5. The molecule has 6 aromatic carbocycles. The molecule has 8 aromatic rings. The lowest BCUT2D eigenvalue weighted by atomic mass is 9.33. The summed E-state index contributed by atoms with van der Waals surface area (Å²) in [6, 6.07) is 46.0. The number of hydrogen-bond acceptors (Lipinski definition) is 5. The van der Waals surface area contributed by atoms with Gasteiger partial charge in [-0.1, -0.05) is 83.9 Å². The first kappa shape index (κ1) is 33.9. The zero-order valence-electron chi connectivity index (χ0n) is 32.6. The van der Waals surface area contributed by atoms with Gasteiger partial charge in [-0.05, 0) is 134 Å². The van der Waals surface area contributed by atoms with Crippen LogP contribution < -0.4 is 30.9 Å². The van der Waals surface area contributed by atoms with E-state index >= 15 is 0 Å². The number of nitrogens with zero attached hydrogens (tertiary/aromatic N) is 4. The van der Waals surface area contributed by atoms with Gasteiger partial charge >= 0.3 is 0 Å². The summed E-state index contributed by atoms with van der Waals surface area (Å²) in [6.07, 6.45) is 3.70. The molecule has 0 atom stereocenters. The van der Waals surface area contributed by atoms with Gasteiger partial charge < -0.3 is 14.5 Å². The van der Waals surface area contributed by atoms with E-state index in [-0.39, 0.29) is 6.71 Å². The molecule has 6 heteroatoms. The van der Waals surface area contributed by atoms with Gasteiger partial charge in [0, 0.05) is 52.2 Å². The molecule has 0 radical (unpaired) electrons. The first-order chi connectivity index (χ1) is 27.2. The van der Waals surface area contributed by atoms with Crippen LogP contribution in [0.3, 0.4) is 0 Å². The van der Waals surface area contributed by atoms with Crippen LogP contribution in [0.15, 0.2) is 140 Å². The third kappa shape index (κ3) is 5.31. The average Bonchev–Trinajstić information content (AvgIpc) is 3.18. The summed E-state index contributed by atoms with van der Waals surface area (Å²) >= 11 is 0. The van der Waals surface area contributed by atoms with Crippen molar-refractivity contribution in [2.24, 2.45) is 0 Å². The van der Waals surface area contributed by atoms with Gasteiger partial charge in [0.1, 0.15) is 5.75 Å². The summed E-state index contributed by atoms with van der Waals surface area (Å²) in [6.45, 7) is 13.2. The van der Waals surface area contributed by atoms with Gasteiger partial charge in [0.15, 0.2) is 0 Å². The Kier molecular flexibility index (Phi) is 7.86. The molecule has 5 nitrogen and oxygen atoms in total. The summed E-state index contributed by atoms with van der Waals surface area (Å²) in [5.74, 6) is 1.32. The van der Waals surface area contributed by atoms with Crippen LogP contribution in [0, 0.1) is 41.5 Å². The van der Waals surface area contributed by atoms with E-state index in [1.54, 1.807) is 6.20 Å². The van der Waals surface area contributed by atoms with Crippen LogP contribution in [-0.2, 0) is 0 Å². The van der Waals surface area contributed by atoms with Gasteiger partial charge in [-0.15, -0.1) is 0 Å². The zero-order chi connectivity index (χ0) is 38.2. The van der Waals surface area contributed by atoms with Crippen molar-refractivity contribution in [2.45, 2.75) is 41.5 Å². The van der Waals surface area contributed by atoms with E-state index < -0.39 is 0 Å². The Balaban J connectivity index is 1.30. The predicted octanol–water partition coefficient (Wildman–Crippen LogP) is 11.0. The van der Waals surface area contributed by atoms with Gasteiger partial charge in [-0.3, -0.25) is 4.98 Å². The van der Waals surface area contributed by atoms with Crippen molar-refractivity contribution in [1.82, 2.24) is 9.97 Å². The van der Waals surface area contributed by atoms with Crippen molar-refractivity contribution in [3.8, 4) is 22.9 Å². The van der Waals surface area contributed by atoms with Crippen LogP contribution in [0.1, 0.15) is 33.4 Å². The predicted molar refractivity (Wildman–Crippen MR) is 234 cm³/mol. The first-order valence-electron chi connectivity index (χ1n) is 19.3. The van der Waals surface area contributed by atoms with Crippen molar-refractivity contribution in [3.63, 3.8) is 0 Å². The Bertz CT molecular complexity index is 2820. The highest BCUT2D eigenvalue weighted by Crippen LogP contribution is 2.47. The summed E-state index contributed by atoms with van der Waals surface area (Å²) in [5.41, 5.74) is 20.3. The smallest absolute Gasteiger partial charge is 0.252 e. The van der Waals surface area contributed by atoms with Crippen molar-refractivity contribution < 1.29 is 4.74 Å². The highest BCUT2D eigenvalue weighted by Gasteiger charge is 2.44. The van der Waals surface area contributed by atoms with Crippen LogP contribution in [0.4, 0.5) is 34.1 Å². The summed E-state index contributed by atoms with van der Waals surface area (Å²) in [5, 5.41) is 2.31. The van der Waals surface area contributed by atoms with Crippen molar-refractivity contribution in [1.29, 1.82) is 0 Å². The summed E-state index contributed by atoms with van der Waals surface area (Å²) in [7, 11) is 0. The van der Waals surface area contributed by atoms with E-state index in [2.05, 4.69) is 166 Å². The van der Waals surface area contributed by atoms with Gasteiger partial charge in [-0.2, -0.15) is 0 Å². The second-order valence-corrected chi connectivity index (χ2v) is 15.5. The lowest BCUT2D eigenvalue weighted by Crippen LogP contribution is -2.61. The lowest BCUT2D eigenvalue weighted by molar-refractivity contribution is 0.463. The normalized spacial score (nSPS) is 12.7. The Morgan fingerprint density at radius 3 is 1.75 bits per heavy atom. The maximum Gasteiger partial charge on any atom is 0.252 e. The van der Waals surface area contributed by atoms with Crippen LogP contribution in [0.2, 0.25) is 0 Å². The molecule has 0 saturated carbocycles. The minimum absolute atomic E-state index is 0.0990. The van der Waals surface area contributed by atoms with E-state index in [9.17, 15) is 0 Å². The molecule has 270 valence electrons. The van der Waals surface area contributed by atoms with Crippen LogP contribution in [0.25, 0.3) is 22.0 Å². The molecule has 0 fully saturated rings. The molecule has 0 saturated heterocycles. The molecule has 56 heavy (non-hydrogen) atoms. The van der Waals surface area contributed by atoms with Gasteiger partial charge in [0.05, 0.1) is 17.1 Å². The largest absolute Gasteiger partial charge is 0.439 e. The fourth-order valence-electron chi connectivity index (χ4n) is 9.54. The number of anilines is 6. The van der Waals surface area contributed by atoms with E-state index in [0.29, 0.717) is 5.88 Å². The molecule has 0 unspecified atom stereocenters. The van der Waals surface area contributed by atoms with Crippen molar-refractivity contribution in [2.75, 3.05) is 9.80 Å². The van der Waals surface area contributed by atoms with Crippen LogP contribution >= 0.6 is 0 Å². The average molecular weight is 725 g/mol. The van der Waals surface area contributed by atoms with E-state index in [0.717, 1.165) is 33.8 Å². The third-order valence-corrected chi connectivity index (χ3v) is 11.5. The number of hydrogen-bond donors (Lipinski definition) is 0. The van der Waals surface area contributed by atoms with Crippen LogP contribution in [-0.4, -0.2) is 16.7 Å². The molecule has 2 aliphatic rings. The molecule has 0 aliphatic carbocycles.